The highest BCUT2D eigenvalue weighted by atomic mass is 16.3. The molecule has 1 saturated carbocycles. The highest BCUT2D eigenvalue weighted by molar-refractivity contribution is 6.10. The number of benzene rings is 1. The van der Waals surface area contributed by atoms with Crippen molar-refractivity contribution in [2.45, 2.75) is 52.4 Å². The molecule has 0 aromatic heterocycles. The molecule has 1 aromatic carbocycles. The van der Waals surface area contributed by atoms with Gasteiger partial charge in [0.1, 0.15) is 23.7 Å². The van der Waals surface area contributed by atoms with E-state index >= 15 is 0 Å². The number of aliphatic hydroxyl groups is 2. The molecule has 2 N–H and O–H groups in total. The molecule has 1 aromatic rings. The van der Waals surface area contributed by atoms with E-state index < -0.39 is 5.92 Å². The first kappa shape index (κ1) is 21.7. The molecule has 2 aliphatic rings. The first-order valence-electron chi connectivity index (χ1n) is 10.3. The second-order valence-electron chi connectivity index (χ2n) is 8.57. The number of likely N-dealkylation sites (tertiary alicyclic amines) is 1. The molecule has 0 atom stereocenters. The predicted molar refractivity (Wildman–Crippen MR) is 116 cm³/mol. The number of rotatable bonds is 3. The lowest BCUT2D eigenvalue weighted by atomic mass is 9.62. The van der Waals surface area contributed by atoms with Gasteiger partial charge in [-0.2, -0.15) is 0 Å². The Morgan fingerprint density at radius 1 is 1.17 bits per heavy atom. The van der Waals surface area contributed by atoms with Crippen LogP contribution in [0.5, 0.6) is 0 Å². The Morgan fingerprint density at radius 3 is 2.17 bits per heavy atom. The normalized spacial score (nSPS) is 19.6. The van der Waals surface area contributed by atoms with Gasteiger partial charge in [-0.05, 0) is 67.9 Å². The smallest absolute Gasteiger partial charge is 0.173 e. The van der Waals surface area contributed by atoms with Gasteiger partial charge in [-0.15, -0.1) is 5.92 Å². The average molecular weight is 408 g/mol. The van der Waals surface area contributed by atoms with Gasteiger partial charge in [0.05, 0.1) is 5.70 Å². The molecule has 1 saturated heterocycles. The summed E-state index contributed by atoms with van der Waals surface area (Å²) >= 11 is 0. The molecule has 5 nitrogen and oxygen atoms in total. The fourth-order valence-electron chi connectivity index (χ4n) is 4.99. The molecule has 158 valence electrons. The quantitative estimate of drug-likeness (QED) is 0.339. The summed E-state index contributed by atoms with van der Waals surface area (Å²) in [6.07, 6.45) is 2.77. The van der Waals surface area contributed by atoms with Crippen molar-refractivity contribution in [2.75, 3.05) is 13.1 Å². The van der Waals surface area contributed by atoms with Gasteiger partial charge in [0.25, 0.3) is 0 Å². The van der Waals surface area contributed by atoms with Crippen LogP contribution in [0.2, 0.25) is 0 Å². The lowest BCUT2D eigenvalue weighted by Gasteiger charge is -2.45. The third-order valence-corrected chi connectivity index (χ3v) is 6.52. The van der Waals surface area contributed by atoms with Gasteiger partial charge in [0.2, 0.25) is 0 Å². The van der Waals surface area contributed by atoms with Crippen LogP contribution in [0.3, 0.4) is 0 Å². The Balaban J connectivity index is 1.79. The highest BCUT2D eigenvalue weighted by Gasteiger charge is 2.47. The Labute approximate surface area is 178 Å². The number of ketones is 2. The van der Waals surface area contributed by atoms with Crippen LogP contribution in [0.15, 0.2) is 36.4 Å². The second kappa shape index (κ2) is 8.39. The van der Waals surface area contributed by atoms with E-state index in [2.05, 4.69) is 18.4 Å². The van der Waals surface area contributed by atoms with Gasteiger partial charge in [-0.1, -0.05) is 12.5 Å². The summed E-state index contributed by atoms with van der Waals surface area (Å²) in [4.78, 5) is 28.3. The van der Waals surface area contributed by atoms with E-state index in [1.165, 1.54) is 0 Å². The maximum Gasteiger partial charge on any atom is 0.173 e. The Bertz CT molecular complexity index is 941. The number of carbonyl (C=O) groups excluding carboxylic acids is 2. The van der Waals surface area contributed by atoms with Gasteiger partial charge < -0.3 is 15.1 Å². The molecule has 2 fully saturated rings. The summed E-state index contributed by atoms with van der Waals surface area (Å²) in [5.41, 5.74) is 3.65. The zero-order chi connectivity index (χ0) is 22.1. The molecule has 0 radical (unpaired) electrons. The van der Waals surface area contributed by atoms with E-state index in [0.29, 0.717) is 50.7 Å². The van der Waals surface area contributed by atoms with Crippen LogP contribution in [0.25, 0.3) is 0 Å². The van der Waals surface area contributed by atoms with Crippen LogP contribution in [-0.2, 0) is 9.59 Å². The van der Waals surface area contributed by atoms with Crippen molar-refractivity contribution in [1.29, 1.82) is 0 Å². The largest absolute Gasteiger partial charge is 0.512 e. The number of carbonyl (C=O) groups is 2. The molecule has 1 heterocycles. The average Bonchev–Trinajstić information content (AvgIpc) is 2.69. The van der Waals surface area contributed by atoms with E-state index in [1.54, 1.807) is 6.92 Å². The van der Waals surface area contributed by atoms with Gasteiger partial charge in [0.15, 0.2) is 5.76 Å². The molecule has 1 aliphatic heterocycles. The summed E-state index contributed by atoms with van der Waals surface area (Å²) in [5, 5.41) is 18.7. The summed E-state index contributed by atoms with van der Waals surface area (Å²) < 4.78 is 0. The van der Waals surface area contributed by atoms with Crippen molar-refractivity contribution in [3.05, 3.63) is 58.7 Å². The molecule has 30 heavy (non-hydrogen) atoms. The van der Waals surface area contributed by atoms with Crippen LogP contribution in [0.1, 0.15) is 60.8 Å². The fourth-order valence-corrected chi connectivity index (χ4v) is 4.99. The number of Topliss-reactive ketones (excluding diaryl/α,β-unsaturated/α-hetero) is 2. The molecule has 1 aliphatic carbocycles. The van der Waals surface area contributed by atoms with Crippen molar-refractivity contribution >= 4 is 11.6 Å². The minimum Gasteiger partial charge on any atom is -0.512 e. The summed E-state index contributed by atoms with van der Waals surface area (Å²) in [6.45, 7) is 10.7. The Kier molecular flexibility index (Phi) is 6.07. The van der Waals surface area contributed by atoms with Crippen LogP contribution in [0.4, 0.5) is 0 Å². The van der Waals surface area contributed by atoms with Crippen LogP contribution >= 0.6 is 0 Å². The molecule has 1 spiro atoms. The van der Waals surface area contributed by atoms with Crippen molar-refractivity contribution in [1.82, 2.24) is 4.90 Å². The minimum atomic E-state index is -0.686. The topological polar surface area (TPSA) is 77.8 Å². The van der Waals surface area contributed by atoms with Crippen molar-refractivity contribution < 1.29 is 19.8 Å². The second-order valence-corrected chi connectivity index (χ2v) is 8.57. The summed E-state index contributed by atoms with van der Waals surface area (Å²) in [7, 11) is 0. The molecule has 5 heteroatoms. The first-order valence-corrected chi connectivity index (χ1v) is 10.3. The monoisotopic (exact) mass is 407 g/mol. The summed E-state index contributed by atoms with van der Waals surface area (Å²) in [5.74, 6) is 4.98. The van der Waals surface area contributed by atoms with Crippen molar-refractivity contribution in [3.63, 3.8) is 0 Å². The van der Waals surface area contributed by atoms with Gasteiger partial charge in [-0.3, -0.25) is 9.59 Å². The zero-order valence-corrected chi connectivity index (χ0v) is 17.9. The summed E-state index contributed by atoms with van der Waals surface area (Å²) in [6, 6.07) is 3.91. The third-order valence-electron chi connectivity index (χ3n) is 6.52. The number of aliphatic hydroxyl groups excluding tert-OH is 2. The minimum absolute atomic E-state index is 0.00264. The molecule has 0 unspecified atom stereocenters. The molecule has 3 rings (SSSR count). The molecular formula is C25H29NO4. The maximum absolute atomic E-state index is 13.2. The van der Waals surface area contributed by atoms with E-state index in [1.807, 2.05) is 30.9 Å². The SMILES string of the molecule is C=C(/C(O)=C/O)N1CCC2(CC1)CC(=O)C(c1c(C)cc(C#CC)cc1C)C(=O)C2. The standard InChI is InChI=1S/C25H29NO4/c1-5-6-19-11-16(2)23(17(3)12-19)24-20(28)13-25(14-21(24)29)7-9-26(10-8-25)18(4)22(30)15-27/h11-12,15,24,27,30H,4,7-10,13-14H2,1-3H3/b22-15-. The van der Waals surface area contributed by atoms with E-state index in [4.69, 9.17) is 5.11 Å². The van der Waals surface area contributed by atoms with Gasteiger partial charge in [-0.25, -0.2) is 0 Å². The number of aryl methyl sites for hydroxylation is 2. The van der Waals surface area contributed by atoms with Crippen LogP contribution in [-0.4, -0.2) is 39.8 Å². The zero-order valence-electron chi connectivity index (χ0n) is 17.9. The van der Waals surface area contributed by atoms with E-state index in [9.17, 15) is 14.7 Å². The number of piperidine rings is 1. The van der Waals surface area contributed by atoms with Gasteiger partial charge >= 0.3 is 0 Å². The predicted octanol–water partition coefficient (Wildman–Crippen LogP) is 4.24. The van der Waals surface area contributed by atoms with Crippen molar-refractivity contribution in [3.8, 4) is 11.8 Å². The molecule has 0 bridgehead atoms. The van der Waals surface area contributed by atoms with E-state index in [0.717, 1.165) is 22.3 Å². The lowest BCUT2D eigenvalue weighted by Crippen LogP contribution is -2.46. The third kappa shape index (κ3) is 4.00. The number of hydrogen-bond donors (Lipinski definition) is 2. The van der Waals surface area contributed by atoms with Crippen molar-refractivity contribution in [2.24, 2.45) is 5.41 Å². The number of nitrogens with zero attached hydrogens (tertiary/aromatic N) is 1. The number of hydrogen-bond acceptors (Lipinski definition) is 5. The molecule has 0 amide bonds. The highest BCUT2D eigenvalue weighted by Crippen LogP contribution is 2.47. The Hall–Kier alpha value is -3.00. The fraction of sp³-hybridized carbons (Fsp3) is 0.440. The first-order chi connectivity index (χ1) is 14.2. The lowest BCUT2D eigenvalue weighted by molar-refractivity contribution is -0.138. The maximum atomic E-state index is 13.2. The van der Waals surface area contributed by atoms with E-state index in [-0.39, 0.29) is 22.7 Å². The van der Waals surface area contributed by atoms with Crippen LogP contribution in [0, 0.1) is 31.1 Å². The Morgan fingerprint density at radius 2 is 1.70 bits per heavy atom. The molecular weight excluding hydrogens is 378 g/mol. The van der Waals surface area contributed by atoms with Crippen LogP contribution < -0.4 is 0 Å². The van der Waals surface area contributed by atoms with Gasteiger partial charge in [0, 0.05) is 31.5 Å².